The van der Waals surface area contributed by atoms with Crippen LogP contribution < -0.4 is 19.9 Å². The molecule has 0 aromatic heterocycles. The van der Waals surface area contributed by atoms with E-state index in [1.54, 1.807) is 0 Å². The standard InChI is InChI=1S/C58H42O2P2/c1-4-39-24-30-49-43(36-39)27-33-53(56(49)52-23-15-17-42-16-13-14-22-48(42)52)59-54-34-28-44-37-40(5-2)25-31-50(44)57(54)58-51-32-26-41(6-3)38-45(51)29-35-55(58)60-61-62(46-18-9-7-10-19-46)47-20-11-8-12-21-47/h4-38,61H,1-3H2. The van der Waals surface area contributed by atoms with Crippen molar-refractivity contribution >= 4 is 88.0 Å². The van der Waals surface area contributed by atoms with Crippen LogP contribution in [-0.2, 0) is 0 Å². The van der Waals surface area contributed by atoms with Crippen LogP contribution in [-0.4, -0.2) is 0 Å². The zero-order valence-electron chi connectivity index (χ0n) is 34.1. The second kappa shape index (κ2) is 17.1. The zero-order chi connectivity index (χ0) is 42.0. The Hall–Kier alpha value is -7.08. The molecule has 62 heavy (non-hydrogen) atoms. The minimum atomic E-state index is -0.817. The van der Waals surface area contributed by atoms with E-state index in [-0.39, 0.29) is 8.50 Å². The molecule has 0 heterocycles. The first-order chi connectivity index (χ1) is 30.6. The first kappa shape index (κ1) is 39.1. The molecule has 2 nitrogen and oxygen atoms in total. The largest absolute Gasteiger partial charge is 0.471 e. The van der Waals surface area contributed by atoms with Crippen molar-refractivity contribution in [1.29, 1.82) is 0 Å². The molecule has 0 saturated carbocycles. The molecular formula is C58H42O2P2. The van der Waals surface area contributed by atoms with Gasteiger partial charge in [0.1, 0.15) is 25.7 Å². The summed E-state index contributed by atoms with van der Waals surface area (Å²) in [6.45, 7) is 12.2. The molecule has 0 aliphatic heterocycles. The molecule has 296 valence electrons. The molecule has 0 fully saturated rings. The summed E-state index contributed by atoms with van der Waals surface area (Å²) in [6, 6.07) is 69.0. The zero-order valence-corrected chi connectivity index (χ0v) is 36.0. The topological polar surface area (TPSA) is 18.5 Å². The Morgan fingerprint density at radius 3 is 1.37 bits per heavy atom. The minimum absolute atomic E-state index is 0.156. The normalized spacial score (nSPS) is 11.5. The Morgan fingerprint density at radius 1 is 0.371 bits per heavy atom. The van der Waals surface area contributed by atoms with Gasteiger partial charge in [-0.05, 0) is 112 Å². The molecule has 1 atom stereocenters. The Labute approximate surface area is 365 Å². The minimum Gasteiger partial charge on any atom is -0.471 e. The van der Waals surface area contributed by atoms with E-state index in [0.29, 0.717) is 0 Å². The lowest BCUT2D eigenvalue weighted by Gasteiger charge is -2.23. The third-order valence-electron chi connectivity index (χ3n) is 11.5. The molecule has 10 aromatic carbocycles. The molecule has 4 heteroatoms. The van der Waals surface area contributed by atoms with Crippen LogP contribution in [0.1, 0.15) is 16.7 Å². The van der Waals surface area contributed by atoms with Crippen molar-refractivity contribution in [2.45, 2.75) is 0 Å². The van der Waals surface area contributed by atoms with Gasteiger partial charge in [0.25, 0.3) is 0 Å². The maximum atomic E-state index is 7.44. The Morgan fingerprint density at radius 2 is 0.823 bits per heavy atom. The average Bonchev–Trinajstić information content (AvgIpc) is 3.34. The van der Waals surface area contributed by atoms with Gasteiger partial charge in [0, 0.05) is 24.3 Å². The van der Waals surface area contributed by atoms with E-state index >= 15 is 0 Å². The van der Waals surface area contributed by atoms with Gasteiger partial charge in [0.2, 0.25) is 0 Å². The molecule has 0 spiro atoms. The van der Waals surface area contributed by atoms with E-state index < -0.39 is 7.61 Å². The highest BCUT2D eigenvalue weighted by molar-refractivity contribution is 8.26. The third-order valence-corrected chi connectivity index (χ3v) is 16.0. The summed E-state index contributed by atoms with van der Waals surface area (Å²) in [7, 11) is -0.662. The van der Waals surface area contributed by atoms with E-state index in [1.807, 2.05) is 18.2 Å². The summed E-state index contributed by atoms with van der Waals surface area (Å²) in [4.78, 5) is 0. The van der Waals surface area contributed by atoms with Crippen molar-refractivity contribution in [2.75, 3.05) is 0 Å². The Bertz CT molecular complexity index is 3290. The monoisotopic (exact) mass is 832 g/mol. The van der Waals surface area contributed by atoms with Crippen LogP contribution in [0.5, 0.6) is 17.2 Å². The van der Waals surface area contributed by atoms with Gasteiger partial charge in [0.05, 0.1) is 0 Å². The summed E-state index contributed by atoms with van der Waals surface area (Å²) in [5, 5.41) is 11.4. The van der Waals surface area contributed by atoms with Gasteiger partial charge in [-0.3, -0.25) is 0 Å². The number of hydrogen-bond donors (Lipinski definition) is 0. The van der Waals surface area contributed by atoms with Gasteiger partial charge < -0.3 is 9.26 Å². The maximum Gasteiger partial charge on any atom is 0.136 e. The molecule has 10 rings (SSSR count). The van der Waals surface area contributed by atoms with Gasteiger partial charge in [-0.15, -0.1) is 0 Å². The van der Waals surface area contributed by atoms with E-state index in [9.17, 15) is 0 Å². The summed E-state index contributed by atoms with van der Waals surface area (Å²) < 4.78 is 14.6. The summed E-state index contributed by atoms with van der Waals surface area (Å²) >= 11 is 0. The van der Waals surface area contributed by atoms with Crippen molar-refractivity contribution in [3.63, 3.8) is 0 Å². The fourth-order valence-corrected chi connectivity index (χ4v) is 12.4. The van der Waals surface area contributed by atoms with Crippen LogP contribution in [0.25, 0.3) is 83.6 Å². The lowest BCUT2D eigenvalue weighted by molar-refractivity contribution is 0.487. The predicted octanol–water partition coefficient (Wildman–Crippen LogP) is 16.4. The molecule has 0 aliphatic rings. The van der Waals surface area contributed by atoms with Crippen molar-refractivity contribution in [3.05, 3.63) is 231 Å². The maximum absolute atomic E-state index is 7.44. The van der Waals surface area contributed by atoms with Crippen LogP contribution >= 0.6 is 16.1 Å². The predicted molar refractivity (Wildman–Crippen MR) is 272 cm³/mol. The van der Waals surface area contributed by atoms with Gasteiger partial charge in [-0.25, -0.2) is 0 Å². The van der Waals surface area contributed by atoms with Gasteiger partial charge in [-0.1, -0.05) is 196 Å². The van der Waals surface area contributed by atoms with E-state index in [0.717, 1.165) is 93.9 Å². The third kappa shape index (κ3) is 7.39. The van der Waals surface area contributed by atoms with Crippen molar-refractivity contribution in [2.24, 2.45) is 0 Å². The number of hydrogen-bond acceptors (Lipinski definition) is 2. The number of benzene rings is 10. The Balaban J connectivity index is 1.22. The molecule has 0 bridgehead atoms. The Kier molecular flexibility index (Phi) is 10.8. The molecule has 0 N–H and O–H groups in total. The smallest absolute Gasteiger partial charge is 0.136 e. The van der Waals surface area contributed by atoms with E-state index in [1.165, 1.54) is 16.0 Å². The molecular weight excluding hydrogens is 791 g/mol. The summed E-state index contributed by atoms with van der Waals surface area (Å²) in [5.41, 5.74) is 7.25. The van der Waals surface area contributed by atoms with Crippen LogP contribution in [0.4, 0.5) is 0 Å². The molecule has 0 saturated heterocycles. The van der Waals surface area contributed by atoms with E-state index in [4.69, 9.17) is 9.26 Å². The lowest BCUT2D eigenvalue weighted by Crippen LogP contribution is -2.08. The second-order valence-electron chi connectivity index (χ2n) is 15.2. The number of ether oxygens (including phenoxy) is 1. The SMILES string of the molecule is C=Cc1ccc2c(-c3cccc4ccccc34)c(Oc3ccc4cc(C=C)ccc4c3-c3c(OPP(c4ccccc4)c4ccccc4)ccc4cc(C=C)ccc34)ccc2c1. The molecule has 1 unspecified atom stereocenters. The highest BCUT2D eigenvalue weighted by Crippen LogP contribution is 2.57. The fraction of sp³-hybridized carbons (Fsp3) is 0. The van der Waals surface area contributed by atoms with Crippen molar-refractivity contribution in [3.8, 4) is 39.5 Å². The summed E-state index contributed by atoms with van der Waals surface area (Å²) in [5.74, 6) is 2.30. The molecule has 0 aliphatic carbocycles. The highest BCUT2D eigenvalue weighted by atomic mass is 32.1. The highest BCUT2D eigenvalue weighted by Gasteiger charge is 2.24. The number of rotatable bonds is 12. The van der Waals surface area contributed by atoms with Gasteiger partial charge in [-0.2, -0.15) is 0 Å². The van der Waals surface area contributed by atoms with Gasteiger partial charge >= 0.3 is 0 Å². The quantitative estimate of drug-likeness (QED) is 0.114. The van der Waals surface area contributed by atoms with Crippen molar-refractivity contribution in [1.82, 2.24) is 0 Å². The van der Waals surface area contributed by atoms with Crippen LogP contribution in [0.2, 0.25) is 0 Å². The lowest BCUT2D eigenvalue weighted by atomic mass is 9.90. The van der Waals surface area contributed by atoms with E-state index in [2.05, 4.69) is 214 Å². The molecule has 0 amide bonds. The van der Waals surface area contributed by atoms with Gasteiger partial charge in [0.15, 0.2) is 0 Å². The molecule has 10 aromatic rings. The average molecular weight is 833 g/mol. The van der Waals surface area contributed by atoms with Crippen molar-refractivity contribution < 1.29 is 9.26 Å². The first-order valence-electron chi connectivity index (χ1n) is 20.7. The van der Waals surface area contributed by atoms with Crippen LogP contribution in [0, 0.1) is 0 Å². The second-order valence-corrected chi connectivity index (χ2v) is 19.2. The molecule has 0 radical (unpaired) electrons. The fourth-order valence-electron chi connectivity index (χ4n) is 8.48. The summed E-state index contributed by atoms with van der Waals surface area (Å²) in [6.07, 6.45) is 5.69. The van der Waals surface area contributed by atoms with Crippen LogP contribution in [0.3, 0.4) is 0 Å². The van der Waals surface area contributed by atoms with Crippen LogP contribution in [0.15, 0.2) is 214 Å². The first-order valence-corrected chi connectivity index (χ1v) is 23.8. The number of fused-ring (bicyclic) bond motifs is 4.